The van der Waals surface area contributed by atoms with E-state index in [9.17, 15) is 4.79 Å². The summed E-state index contributed by atoms with van der Waals surface area (Å²) in [5, 5.41) is 0.713. The van der Waals surface area contributed by atoms with Crippen LogP contribution in [0.5, 0.6) is 5.75 Å². The normalized spacial score (nSPS) is 11.0. The Morgan fingerprint density at radius 1 is 1.03 bits per heavy atom. The Hall–Kier alpha value is -3.97. The number of thiazole rings is 1. The van der Waals surface area contributed by atoms with Crippen molar-refractivity contribution in [2.45, 2.75) is 19.4 Å². The molecule has 0 bridgehead atoms. The summed E-state index contributed by atoms with van der Waals surface area (Å²) in [5.41, 5.74) is 4.15. The van der Waals surface area contributed by atoms with E-state index in [0.717, 1.165) is 45.6 Å². The highest BCUT2D eigenvalue weighted by Gasteiger charge is 2.20. The summed E-state index contributed by atoms with van der Waals surface area (Å²) in [6, 6.07) is 24.3. The average Bonchev–Trinajstić information content (AvgIpc) is 3.57. The lowest BCUT2D eigenvalue weighted by Gasteiger charge is -2.20. The zero-order chi connectivity index (χ0) is 24.0. The number of amides is 1. The van der Waals surface area contributed by atoms with E-state index in [1.807, 2.05) is 64.2 Å². The molecule has 0 aliphatic carbocycles. The Labute approximate surface area is 208 Å². The van der Waals surface area contributed by atoms with Crippen molar-refractivity contribution in [2.24, 2.45) is 0 Å². The first kappa shape index (κ1) is 22.8. The summed E-state index contributed by atoms with van der Waals surface area (Å²) >= 11 is 1.52. The molecule has 35 heavy (non-hydrogen) atoms. The van der Waals surface area contributed by atoms with Crippen LogP contribution in [0.3, 0.4) is 0 Å². The molecule has 176 valence electrons. The monoisotopic (exact) mass is 482 g/mol. The van der Waals surface area contributed by atoms with Gasteiger partial charge >= 0.3 is 0 Å². The van der Waals surface area contributed by atoms with Gasteiger partial charge in [-0.1, -0.05) is 65.9 Å². The van der Waals surface area contributed by atoms with Gasteiger partial charge in [0.05, 0.1) is 30.1 Å². The van der Waals surface area contributed by atoms with Crippen LogP contribution in [-0.4, -0.2) is 34.1 Å². The third-order valence-electron chi connectivity index (χ3n) is 5.89. The lowest BCUT2D eigenvalue weighted by molar-refractivity contribution is -0.118. The fourth-order valence-corrected chi connectivity index (χ4v) is 5.05. The second-order valence-corrected chi connectivity index (χ2v) is 9.28. The number of aromatic nitrogens is 3. The number of benzene rings is 3. The summed E-state index contributed by atoms with van der Waals surface area (Å²) < 4.78 is 8.38. The molecule has 2 heterocycles. The van der Waals surface area contributed by atoms with Crippen LogP contribution in [0, 0.1) is 0 Å². The number of imidazole rings is 1. The molecule has 0 aliphatic heterocycles. The highest BCUT2D eigenvalue weighted by Crippen LogP contribution is 2.32. The summed E-state index contributed by atoms with van der Waals surface area (Å²) in [7, 11) is 1.65. The fourth-order valence-electron chi connectivity index (χ4n) is 4.01. The molecule has 0 saturated carbocycles. The van der Waals surface area contributed by atoms with Crippen LogP contribution < -0.4 is 9.64 Å². The number of aryl methyl sites for hydroxylation is 1. The third kappa shape index (κ3) is 5.41. The molecule has 0 radical (unpaired) electrons. The van der Waals surface area contributed by atoms with Crippen molar-refractivity contribution in [3.63, 3.8) is 0 Å². The average molecular weight is 483 g/mol. The molecule has 0 unspecified atom stereocenters. The number of hydrogen-bond acceptors (Lipinski definition) is 5. The van der Waals surface area contributed by atoms with Crippen LogP contribution in [0.15, 0.2) is 91.5 Å². The van der Waals surface area contributed by atoms with Crippen LogP contribution in [0.1, 0.15) is 12.0 Å². The highest BCUT2D eigenvalue weighted by atomic mass is 32.1. The Kier molecular flexibility index (Phi) is 6.86. The van der Waals surface area contributed by atoms with Crippen molar-refractivity contribution in [3.05, 3.63) is 97.1 Å². The van der Waals surface area contributed by atoms with E-state index in [0.29, 0.717) is 18.1 Å². The molecule has 0 saturated heterocycles. The Morgan fingerprint density at radius 2 is 1.83 bits per heavy atom. The molecule has 3 aromatic carbocycles. The molecule has 0 aliphatic rings. The van der Waals surface area contributed by atoms with E-state index in [2.05, 4.69) is 29.2 Å². The number of carbonyl (C=O) groups is 1. The summed E-state index contributed by atoms with van der Waals surface area (Å²) in [5.74, 6) is 0.818. The van der Waals surface area contributed by atoms with E-state index in [1.54, 1.807) is 19.6 Å². The molecular weight excluding hydrogens is 456 g/mol. The molecular formula is C28H26N4O2S. The lowest BCUT2D eigenvalue weighted by Crippen LogP contribution is -2.33. The van der Waals surface area contributed by atoms with E-state index in [4.69, 9.17) is 9.72 Å². The Morgan fingerprint density at radius 3 is 2.57 bits per heavy atom. The molecule has 0 N–H and O–H groups in total. The smallest absolute Gasteiger partial charge is 0.233 e. The quantitative estimate of drug-likeness (QED) is 0.265. The first-order valence-corrected chi connectivity index (χ1v) is 12.4. The number of anilines is 1. The predicted octanol–water partition coefficient (Wildman–Crippen LogP) is 5.83. The number of nitrogens with zero attached hydrogens (tertiary/aromatic N) is 4. The zero-order valence-corrected chi connectivity index (χ0v) is 20.3. The number of fused-ring (bicyclic) bond motifs is 1. The topological polar surface area (TPSA) is 60.2 Å². The van der Waals surface area contributed by atoms with Gasteiger partial charge in [-0.15, -0.1) is 0 Å². The van der Waals surface area contributed by atoms with E-state index < -0.39 is 0 Å². The van der Waals surface area contributed by atoms with E-state index in [1.165, 1.54) is 11.3 Å². The summed E-state index contributed by atoms with van der Waals surface area (Å²) in [6.45, 7) is 1.37. The fraction of sp³-hybridized carbons (Fsp3) is 0.179. The molecule has 5 rings (SSSR count). The molecule has 0 spiro atoms. The molecule has 6 nitrogen and oxygen atoms in total. The Bertz CT molecular complexity index is 1400. The van der Waals surface area contributed by atoms with Crippen molar-refractivity contribution in [2.75, 3.05) is 18.6 Å². The van der Waals surface area contributed by atoms with Crippen molar-refractivity contribution in [1.29, 1.82) is 0 Å². The molecule has 5 aromatic rings. The standard InChI is InChI=1S/C28H26N4O2S/c1-34-24-12-13-25-26(19-24)35-28(30-25)32(16-5-15-31-17-14-29-20-31)27(33)18-21-8-10-23(11-9-21)22-6-3-2-4-7-22/h2-4,6-14,17,19-20H,5,15-16,18H2,1H3. The minimum absolute atomic E-state index is 0.0362. The maximum atomic E-state index is 13.5. The number of methoxy groups -OCH3 is 1. The van der Waals surface area contributed by atoms with Crippen LogP contribution in [-0.2, 0) is 17.8 Å². The van der Waals surface area contributed by atoms with Crippen molar-refractivity contribution in [3.8, 4) is 16.9 Å². The number of hydrogen-bond donors (Lipinski definition) is 0. The first-order chi connectivity index (χ1) is 17.2. The number of ether oxygens (including phenoxy) is 1. The van der Waals surface area contributed by atoms with Crippen molar-refractivity contribution in [1.82, 2.24) is 14.5 Å². The van der Waals surface area contributed by atoms with Gasteiger partial charge in [0.1, 0.15) is 5.75 Å². The van der Waals surface area contributed by atoms with Gasteiger partial charge < -0.3 is 9.30 Å². The zero-order valence-electron chi connectivity index (χ0n) is 19.5. The maximum Gasteiger partial charge on any atom is 0.233 e. The minimum atomic E-state index is 0.0362. The third-order valence-corrected chi connectivity index (χ3v) is 6.93. The molecule has 1 amide bonds. The van der Waals surface area contributed by atoms with E-state index in [-0.39, 0.29) is 5.91 Å². The summed E-state index contributed by atoms with van der Waals surface area (Å²) in [4.78, 5) is 24.2. The van der Waals surface area contributed by atoms with Crippen LogP contribution in [0.4, 0.5) is 5.13 Å². The lowest BCUT2D eigenvalue weighted by atomic mass is 10.0. The van der Waals surface area contributed by atoms with Crippen molar-refractivity contribution < 1.29 is 9.53 Å². The molecule has 0 fully saturated rings. The van der Waals surface area contributed by atoms with Gasteiger partial charge in [0, 0.05) is 25.5 Å². The van der Waals surface area contributed by atoms with Crippen LogP contribution >= 0.6 is 11.3 Å². The SMILES string of the molecule is COc1ccc2nc(N(CCCn3ccnc3)C(=O)Cc3ccc(-c4ccccc4)cc3)sc2c1. The first-order valence-electron chi connectivity index (χ1n) is 11.5. The molecule has 7 heteroatoms. The van der Waals surface area contributed by atoms with Crippen LogP contribution in [0.2, 0.25) is 0 Å². The van der Waals surface area contributed by atoms with Gasteiger partial charge in [0.15, 0.2) is 5.13 Å². The van der Waals surface area contributed by atoms with Crippen LogP contribution in [0.25, 0.3) is 21.3 Å². The van der Waals surface area contributed by atoms with Gasteiger partial charge in [-0.25, -0.2) is 9.97 Å². The van der Waals surface area contributed by atoms with Crippen molar-refractivity contribution >= 4 is 32.6 Å². The highest BCUT2D eigenvalue weighted by molar-refractivity contribution is 7.22. The van der Waals surface area contributed by atoms with Gasteiger partial charge in [-0.05, 0) is 41.3 Å². The number of carbonyl (C=O) groups excluding carboxylic acids is 1. The number of rotatable bonds is 9. The largest absolute Gasteiger partial charge is 0.497 e. The second kappa shape index (κ2) is 10.5. The van der Waals surface area contributed by atoms with Gasteiger partial charge in [-0.3, -0.25) is 9.69 Å². The second-order valence-electron chi connectivity index (χ2n) is 8.27. The summed E-state index contributed by atoms with van der Waals surface area (Å²) in [6.07, 6.45) is 6.62. The predicted molar refractivity (Wildman–Crippen MR) is 141 cm³/mol. The van der Waals surface area contributed by atoms with Gasteiger partial charge in [-0.2, -0.15) is 0 Å². The van der Waals surface area contributed by atoms with Gasteiger partial charge in [0.25, 0.3) is 0 Å². The molecule has 0 atom stereocenters. The minimum Gasteiger partial charge on any atom is -0.497 e. The molecule has 2 aromatic heterocycles. The van der Waals surface area contributed by atoms with Gasteiger partial charge in [0.2, 0.25) is 5.91 Å². The maximum absolute atomic E-state index is 13.5. The van der Waals surface area contributed by atoms with E-state index >= 15 is 0 Å². The Balaban J connectivity index is 1.35.